The van der Waals surface area contributed by atoms with E-state index in [9.17, 15) is 0 Å². The monoisotopic (exact) mass is 446 g/mol. The first-order valence-electron chi connectivity index (χ1n) is 10.9. The third kappa shape index (κ3) is 4.55. The summed E-state index contributed by atoms with van der Waals surface area (Å²) in [5, 5.41) is 3.65. The minimum absolute atomic E-state index is 0.100. The molecule has 2 aliphatic rings. The maximum Gasteiger partial charge on any atom is 0.191 e. The van der Waals surface area contributed by atoms with Crippen LogP contribution in [-0.4, -0.2) is 72.0 Å². The predicted molar refractivity (Wildman–Crippen MR) is 126 cm³/mol. The first kappa shape index (κ1) is 22.1. The number of aryl methyl sites for hydroxylation is 1. The minimum atomic E-state index is -1.01. The Morgan fingerprint density at radius 1 is 0.900 bits per heavy atom. The number of nitrogens with zero attached hydrogens (tertiary/aromatic N) is 3. The second-order valence-electron chi connectivity index (χ2n) is 8.48. The molecule has 0 spiro atoms. The highest BCUT2D eigenvalue weighted by Gasteiger charge is 2.45. The fourth-order valence-electron chi connectivity index (χ4n) is 4.84. The summed E-state index contributed by atoms with van der Waals surface area (Å²) in [6.45, 7) is 8.41. The molecule has 2 aliphatic heterocycles. The largest absolute Gasteiger partial charge is 0.314 e. The molecule has 2 fully saturated rings. The topological polar surface area (TPSA) is 21.8 Å². The summed E-state index contributed by atoms with van der Waals surface area (Å²) in [6, 6.07) is 19.5. The van der Waals surface area contributed by atoms with E-state index < -0.39 is 4.46 Å². The van der Waals surface area contributed by atoms with Crippen molar-refractivity contribution in [3.63, 3.8) is 0 Å². The van der Waals surface area contributed by atoms with Crippen LogP contribution in [0.4, 0.5) is 0 Å². The lowest BCUT2D eigenvalue weighted by molar-refractivity contribution is 0.125. The van der Waals surface area contributed by atoms with Crippen LogP contribution in [0, 0.1) is 6.92 Å². The van der Waals surface area contributed by atoms with E-state index in [0.29, 0.717) is 6.04 Å². The van der Waals surface area contributed by atoms with Gasteiger partial charge in [-0.25, -0.2) is 0 Å². The standard InChI is InChI=1S/C24H32Cl2N4/c1-19-8-6-7-11-21(19)23-24(25,26)30-13-12-27-18-22(20-9-4-3-5-10-20)29(16-17-30)15-14-28(23)2/h3-11,22-23,27H,12-18H2,1-2H3. The molecule has 0 saturated carbocycles. The van der Waals surface area contributed by atoms with Crippen molar-refractivity contribution in [3.8, 4) is 0 Å². The number of likely N-dealkylation sites (N-methyl/N-ethyl adjacent to an activating group) is 1. The molecule has 30 heavy (non-hydrogen) atoms. The van der Waals surface area contributed by atoms with Gasteiger partial charge in [0.2, 0.25) is 0 Å². The van der Waals surface area contributed by atoms with Crippen LogP contribution in [0.15, 0.2) is 54.6 Å². The van der Waals surface area contributed by atoms with Crippen molar-refractivity contribution in [2.45, 2.75) is 23.5 Å². The van der Waals surface area contributed by atoms with Crippen molar-refractivity contribution in [1.82, 2.24) is 20.0 Å². The lowest BCUT2D eigenvalue weighted by Crippen LogP contribution is -2.52. The third-order valence-electron chi connectivity index (χ3n) is 6.59. The fraction of sp³-hybridized carbons (Fsp3) is 0.500. The molecule has 0 amide bonds. The SMILES string of the molecule is Cc1ccccc1C1N(C)CCN2CCN(CCNCC2c2ccccc2)C1(Cl)Cl. The van der Waals surface area contributed by atoms with Gasteiger partial charge in [0.05, 0.1) is 6.04 Å². The van der Waals surface area contributed by atoms with Crippen molar-refractivity contribution in [2.24, 2.45) is 0 Å². The molecule has 2 bridgehead atoms. The third-order valence-corrected chi connectivity index (χ3v) is 7.48. The van der Waals surface area contributed by atoms with Crippen molar-refractivity contribution >= 4 is 23.2 Å². The Bertz CT molecular complexity index is 829. The van der Waals surface area contributed by atoms with Crippen molar-refractivity contribution in [2.75, 3.05) is 52.9 Å². The zero-order chi connectivity index (χ0) is 21.1. The molecule has 0 aromatic heterocycles. The van der Waals surface area contributed by atoms with Gasteiger partial charge >= 0.3 is 0 Å². The van der Waals surface area contributed by atoms with E-state index in [0.717, 1.165) is 45.8 Å². The average molecular weight is 447 g/mol. The number of fused-ring (bicyclic) bond motifs is 3. The van der Waals surface area contributed by atoms with Gasteiger partial charge in [-0.15, -0.1) is 0 Å². The van der Waals surface area contributed by atoms with Gasteiger partial charge in [-0.3, -0.25) is 14.7 Å². The molecule has 2 aromatic rings. The van der Waals surface area contributed by atoms with Crippen LogP contribution in [0.3, 0.4) is 0 Å². The number of hydrogen-bond acceptors (Lipinski definition) is 4. The molecule has 4 atom stereocenters. The second kappa shape index (κ2) is 9.56. The molecular weight excluding hydrogens is 415 g/mol. The summed E-state index contributed by atoms with van der Waals surface area (Å²) in [6.07, 6.45) is 0. The summed E-state index contributed by atoms with van der Waals surface area (Å²) in [5.41, 5.74) is 3.79. The molecule has 2 aromatic carbocycles. The lowest BCUT2D eigenvalue weighted by atomic mass is 9.99. The van der Waals surface area contributed by atoms with Crippen LogP contribution in [0.2, 0.25) is 0 Å². The summed E-state index contributed by atoms with van der Waals surface area (Å²) in [5.74, 6) is 0. The zero-order valence-electron chi connectivity index (χ0n) is 17.9. The normalized spacial score (nSPS) is 30.4. The zero-order valence-corrected chi connectivity index (χ0v) is 19.4. The number of benzene rings is 2. The van der Waals surface area contributed by atoms with Gasteiger partial charge in [-0.2, -0.15) is 0 Å². The van der Waals surface area contributed by atoms with Gasteiger partial charge in [0.1, 0.15) is 0 Å². The maximum absolute atomic E-state index is 7.22. The van der Waals surface area contributed by atoms with Gasteiger partial charge in [-0.05, 0) is 30.7 Å². The molecular formula is C24H32Cl2N4. The van der Waals surface area contributed by atoms with Crippen LogP contribution < -0.4 is 5.32 Å². The van der Waals surface area contributed by atoms with Crippen LogP contribution in [-0.2, 0) is 0 Å². The first-order valence-corrected chi connectivity index (χ1v) is 11.6. The number of rotatable bonds is 2. The highest BCUT2D eigenvalue weighted by molar-refractivity contribution is 6.48. The number of halogens is 2. The van der Waals surface area contributed by atoms with E-state index in [1.54, 1.807) is 0 Å². The molecule has 162 valence electrons. The van der Waals surface area contributed by atoms with E-state index in [1.807, 2.05) is 0 Å². The molecule has 4 rings (SSSR count). The smallest absolute Gasteiger partial charge is 0.191 e. The van der Waals surface area contributed by atoms with E-state index in [4.69, 9.17) is 23.2 Å². The maximum atomic E-state index is 7.22. The second-order valence-corrected chi connectivity index (χ2v) is 9.83. The summed E-state index contributed by atoms with van der Waals surface area (Å²) in [4.78, 5) is 7.17. The Labute approximate surface area is 190 Å². The molecule has 4 unspecified atom stereocenters. The Hall–Kier alpha value is -1.14. The first-order chi connectivity index (χ1) is 14.5. The van der Waals surface area contributed by atoms with Crippen LogP contribution >= 0.6 is 23.2 Å². The van der Waals surface area contributed by atoms with E-state index in [-0.39, 0.29) is 6.04 Å². The Morgan fingerprint density at radius 3 is 2.37 bits per heavy atom. The van der Waals surface area contributed by atoms with Crippen molar-refractivity contribution in [1.29, 1.82) is 0 Å². The van der Waals surface area contributed by atoms with E-state index in [2.05, 4.69) is 88.6 Å². The molecule has 6 heteroatoms. The number of alkyl halides is 2. The van der Waals surface area contributed by atoms with Crippen molar-refractivity contribution in [3.05, 3.63) is 71.3 Å². The van der Waals surface area contributed by atoms with Gasteiger partial charge in [0.25, 0.3) is 0 Å². The average Bonchev–Trinajstić information content (AvgIpc) is 2.87. The fourth-order valence-corrected chi connectivity index (χ4v) is 5.75. The highest BCUT2D eigenvalue weighted by atomic mass is 35.5. The Kier molecular flexibility index (Phi) is 7.03. The summed E-state index contributed by atoms with van der Waals surface area (Å²) >= 11 is 14.4. The molecule has 2 heterocycles. The highest BCUT2D eigenvalue weighted by Crippen LogP contribution is 2.44. The van der Waals surface area contributed by atoms with Crippen LogP contribution in [0.1, 0.15) is 28.8 Å². The number of nitrogens with one attached hydrogen (secondary N) is 1. The van der Waals surface area contributed by atoms with Gasteiger partial charge in [-0.1, -0.05) is 77.8 Å². The lowest BCUT2D eigenvalue weighted by Gasteiger charge is -2.43. The van der Waals surface area contributed by atoms with Gasteiger partial charge in [0, 0.05) is 51.9 Å². The van der Waals surface area contributed by atoms with Gasteiger partial charge < -0.3 is 5.32 Å². The van der Waals surface area contributed by atoms with Gasteiger partial charge in [0.15, 0.2) is 4.46 Å². The molecule has 0 aliphatic carbocycles. The quantitative estimate of drug-likeness (QED) is 0.554. The number of hydrogen-bond donors (Lipinski definition) is 1. The minimum Gasteiger partial charge on any atom is -0.314 e. The molecule has 4 nitrogen and oxygen atoms in total. The predicted octanol–water partition coefficient (Wildman–Crippen LogP) is 4.06. The van der Waals surface area contributed by atoms with Crippen molar-refractivity contribution < 1.29 is 0 Å². The summed E-state index contributed by atoms with van der Waals surface area (Å²) < 4.78 is -1.01. The Morgan fingerprint density at radius 2 is 1.60 bits per heavy atom. The Balaban J connectivity index is 1.70. The molecule has 1 N–H and O–H groups in total. The van der Waals surface area contributed by atoms with Crippen LogP contribution in [0.25, 0.3) is 0 Å². The molecule has 2 saturated heterocycles. The summed E-state index contributed by atoms with van der Waals surface area (Å²) in [7, 11) is 2.15. The van der Waals surface area contributed by atoms with Crippen LogP contribution in [0.5, 0.6) is 0 Å². The van der Waals surface area contributed by atoms with E-state index in [1.165, 1.54) is 16.7 Å². The molecule has 0 radical (unpaired) electrons. The van der Waals surface area contributed by atoms with E-state index >= 15 is 0 Å².